The smallest absolute Gasteiger partial charge is 0.408 e. The lowest BCUT2D eigenvalue weighted by molar-refractivity contribution is 0.135. The van der Waals surface area contributed by atoms with E-state index in [0.717, 1.165) is 38.9 Å². The van der Waals surface area contributed by atoms with Crippen molar-refractivity contribution in [2.75, 3.05) is 0 Å². The van der Waals surface area contributed by atoms with Gasteiger partial charge in [-0.1, -0.05) is 42.5 Å². The van der Waals surface area contributed by atoms with E-state index >= 15 is 0 Å². The Bertz CT molecular complexity index is 1370. The van der Waals surface area contributed by atoms with Gasteiger partial charge in [-0.05, 0) is 41.8 Å². The molecule has 0 aliphatic rings. The number of hydrogen-bond acceptors (Lipinski definition) is 4. The van der Waals surface area contributed by atoms with Gasteiger partial charge in [0.1, 0.15) is 12.4 Å². The van der Waals surface area contributed by atoms with Crippen LogP contribution in [0.4, 0.5) is 4.79 Å². The average Bonchev–Trinajstić information content (AvgIpc) is 3.45. The summed E-state index contributed by atoms with van der Waals surface area (Å²) in [6.45, 7) is 2.26. The van der Waals surface area contributed by atoms with Gasteiger partial charge < -0.3 is 14.5 Å². The van der Waals surface area contributed by atoms with Crippen molar-refractivity contribution in [1.29, 1.82) is 0 Å². The number of hydrogen-bond donors (Lipinski definition) is 2. The molecule has 0 aliphatic carbocycles. The van der Waals surface area contributed by atoms with Crippen molar-refractivity contribution in [1.82, 2.24) is 24.9 Å². The number of rotatable bonds is 6. The van der Waals surface area contributed by atoms with Crippen LogP contribution in [-0.2, 0) is 17.8 Å². The van der Waals surface area contributed by atoms with Crippen molar-refractivity contribution in [3.8, 4) is 0 Å². The van der Waals surface area contributed by atoms with Crippen molar-refractivity contribution in [3.63, 3.8) is 0 Å². The van der Waals surface area contributed by atoms with Crippen LogP contribution in [0.2, 0.25) is 0 Å². The monoisotopic (exact) mass is 425 g/mol. The molecule has 0 saturated carbocycles. The number of aromatic nitrogens is 4. The number of nitrogens with one attached hydrogen (secondary N) is 2. The van der Waals surface area contributed by atoms with Gasteiger partial charge in [0, 0.05) is 18.0 Å². The Morgan fingerprint density at radius 1 is 1.09 bits per heavy atom. The van der Waals surface area contributed by atoms with Crippen LogP contribution in [0.15, 0.2) is 79.3 Å². The summed E-state index contributed by atoms with van der Waals surface area (Å²) in [5, 5.41) is 11.2. The van der Waals surface area contributed by atoms with Gasteiger partial charge in [-0.25, -0.2) is 9.78 Å². The van der Waals surface area contributed by atoms with E-state index in [1.165, 1.54) is 0 Å². The van der Waals surface area contributed by atoms with Crippen LogP contribution in [0.1, 0.15) is 28.6 Å². The molecule has 1 atom stereocenters. The van der Waals surface area contributed by atoms with E-state index in [4.69, 9.17) is 4.74 Å². The van der Waals surface area contributed by atoms with Crippen LogP contribution in [0.25, 0.3) is 16.4 Å². The maximum Gasteiger partial charge on any atom is 0.408 e. The summed E-state index contributed by atoms with van der Waals surface area (Å²) in [4.78, 5) is 17.3. The van der Waals surface area contributed by atoms with Crippen LogP contribution in [0.5, 0.6) is 0 Å². The third-order valence-corrected chi connectivity index (χ3v) is 5.53. The number of imidazole rings is 1. The summed E-state index contributed by atoms with van der Waals surface area (Å²) >= 11 is 0. The van der Waals surface area contributed by atoms with Gasteiger partial charge in [0.2, 0.25) is 0 Å². The Balaban J connectivity index is 1.42. The molecule has 0 unspecified atom stereocenters. The van der Waals surface area contributed by atoms with E-state index < -0.39 is 6.09 Å². The number of amides is 1. The number of pyridine rings is 1. The minimum atomic E-state index is -0.479. The average molecular weight is 425 g/mol. The Kier molecular flexibility index (Phi) is 5.29. The lowest BCUT2D eigenvalue weighted by Crippen LogP contribution is -2.31. The largest absolute Gasteiger partial charge is 0.445 e. The van der Waals surface area contributed by atoms with Gasteiger partial charge in [0.25, 0.3) is 0 Å². The number of alkyl carbamates (subject to hydrolysis) is 1. The Morgan fingerprint density at radius 3 is 2.81 bits per heavy atom. The highest BCUT2D eigenvalue weighted by atomic mass is 16.5. The van der Waals surface area contributed by atoms with E-state index in [9.17, 15) is 4.79 Å². The molecule has 32 heavy (non-hydrogen) atoms. The molecule has 3 aromatic heterocycles. The summed E-state index contributed by atoms with van der Waals surface area (Å²) in [6.07, 6.45) is 5.66. The number of carbonyl (C=O) groups excluding carboxylic acids is 1. The maximum absolute atomic E-state index is 12.7. The van der Waals surface area contributed by atoms with Gasteiger partial charge in [0.15, 0.2) is 0 Å². The highest BCUT2D eigenvalue weighted by molar-refractivity contribution is 5.82. The number of aromatic amines is 1. The Morgan fingerprint density at radius 2 is 1.94 bits per heavy atom. The predicted molar refractivity (Wildman–Crippen MR) is 122 cm³/mol. The standard InChI is InChI=1S/C25H23N5O2/c1-17-11-19(12-20-14-27-29-23(17)20)13-22(24-26-15-21-9-5-6-10-30(21)24)28-25(31)32-16-18-7-3-2-4-8-18/h2-12,14-15,22H,13,16H2,1H3,(H,27,29)(H,28,31)/t22-/m1/s1. The van der Waals surface area contributed by atoms with Crippen molar-refractivity contribution in [3.05, 3.63) is 102 Å². The zero-order valence-corrected chi connectivity index (χ0v) is 17.7. The predicted octanol–water partition coefficient (Wildman–Crippen LogP) is 4.73. The van der Waals surface area contributed by atoms with Crippen molar-refractivity contribution in [2.24, 2.45) is 0 Å². The quantitative estimate of drug-likeness (QED) is 0.412. The summed E-state index contributed by atoms with van der Waals surface area (Å²) < 4.78 is 7.48. The first-order valence-corrected chi connectivity index (χ1v) is 10.5. The Labute approximate surface area is 185 Å². The second-order valence-electron chi connectivity index (χ2n) is 7.82. The molecule has 0 saturated heterocycles. The van der Waals surface area contributed by atoms with Crippen LogP contribution in [0.3, 0.4) is 0 Å². The first-order chi connectivity index (χ1) is 15.7. The zero-order chi connectivity index (χ0) is 21.9. The topological polar surface area (TPSA) is 84.3 Å². The number of ether oxygens (including phenoxy) is 1. The molecule has 0 spiro atoms. The second-order valence-corrected chi connectivity index (χ2v) is 7.82. The fraction of sp³-hybridized carbons (Fsp3) is 0.160. The van der Waals surface area contributed by atoms with Gasteiger partial charge in [-0.15, -0.1) is 0 Å². The molecule has 3 heterocycles. The first kappa shape index (κ1) is 19.8. The van der Waals surface area contributed by atoms with Gasteiger partial charge >= 0.3 is 6.09 Å². The summed E-state index contributed by atoms with van der Waals surface area (Å²) in [6, 6.07) is 19.4. The number of carbonyl (C=O) groups is 1. The molecule has 0 bridgehead atoms. The molecule has 5 rings (SSSR count). The van der Waals surface area contributed by atoms with Crippen LogP contribution in [0, 0.1) is 6.92 Å². The Hall–Kier alpha value is -4.13. The highest BCUT2D eigenvalue weighted by Gasteiger charge is 2.21. The molecule has 5 aromatic rings. The fourth-order valence-corrected chi connectivity index (χ4v) is 4.00. The van der Waals surface area contributed by atoms with Crippen LogP contribution < -0.4 is 5.32 Å². The minimum absolute atomic E-state index is 0.210. The summed E-state index contributed by atoms with van der Waals surface area (Å²) in [7, 11) is 0. The maximum atomic E-state index is 12.7. The summed E-state index contributed by atoms with van der Waals surface area (Å²) in [5.74, 6) is 0.752. The van der Waals surface area contributed by atoms with E-state index in [1.54, 1.807) is 0 Å². The van der Waals surface area contributed by atoms with Gasteiger partial charge in [-0.2, -0.15) is 5.10 Å². The van der Waals surface area contributed by atoms with Crippen LogP contribution in [-0.4, -0.2) is 25.7 Å². The van der Waals surface area contributed by atoms with Crippen molar-refractivity contribution in [2.45, 2.75) is 26.0 Å². The zero-order valence-electron chi connectivity index (χ0n) is 17.7. The van der Waals surface area contributed by atoms with Crippen LogP contribution >= 0.6 is 0 Å². The lowest BCUT2D eigenvalue weighted by Gasteiger charge is -2.19. The second kappa shape index (κ2) is 8.55. The molecule has 1 amide bonds. The molecule has 2 N–H and O–H groups in total. The molecule has 0 fully saturated rings. The van der Waals surface area contributed by atoms with E-state index in [1.807, 2.05) is 78.4 Å². The number of nitrogens with zero attached hydrogens (tertiary/aromatic N) is 3. The fourth-order valence-electron chi connectivity index (χ4n) is 4.00. The number of benzene rings is 2. The SMILES string of the molecule is Cc1cc(C[C@@H](NC(=O)OCc2ccccc2)c2ncc3ccccn23)cc2cn[nH]c12. The normalized spacial score (nSPS) is 12.2. The van der Waals surface area contributed by atoms with E-state index in [-0.39, 0.29) is 12.6 Å². The molecule has 7 nitrogen and oxygen atoms in total. The molecule has 7 heteroatoms. The number of aryl methyl sites for hydroxylation is 1. The minimum Gasteiger partial charge on any atom is -0.445 e. The summed E-state index contributed by atoms with van der Waals surface area (Å²) in [5.41, 5.74) is 5.11. The number of H-pyrrole nitrogens is 1. The third-order valence-electron chi connectivity index (χ3n) is 5.53. The first-order valence-electron chi connectivity index (χ1n) is 10.5. The molecule has 2 aromatic carbocycles. The highest BCUT2D eigenvalue weighted by Crippen LogP contribution is 2.24. The molecular formula is C25H23N5O2. The lowest BCUT2D eigenvalue weighted by atomic mass is 10.0. The molecule has 0 aliphatic heterocycles. The third kappa shape index (κ3) is 4.05. The molecular weight excluding hydrogens is 402 g/mol. The molecule has 160 valence electrons. The van der Waals surface area contributed by atoms with Crippen molar-refractivity contribution < 1.29 is 9.53 Å². The number of fused-ring (bicyclic) bond motifs is 2. The van der Waals surface area contributed by atoms with Crippen molar-refractivity contribution >= 4 is 22.5 Å². The van der Waals surface area contributed by atoms with Gasteiger partial charge in [0.05, 0.1) is 29.5 Å². The molecule has 0 radical (unpaired) electrons. The van der Waals surface area contributed by atoms with Gasteiger partial charge in [-0.3, -0.25) is 5.10 Å². The van der Waals surface area contributed by atoms with E-state index in [2.05, 4.69) is 32.6 Å². The van der Waals surface area contributed by atoms with E-state index in [0.29, 0.717) is 6.42 Å².